The molecule has 0 radical (unpaired) electrons. The molecular formula is C31H31FN2O4S. The van der Waals surface area contributed by atoms with E-state index in [1.165, 1.54) is 11.5 Å². The second-order valence-electron chi connectivity index (χ2n) is 9.78. The van der Waals surface area contributed by atoms with Gasteiger partial charge in [0, 0.05) is 25.6 Å². The minimum Gasteiger partial charge on any atom is -0.490 e. The zero-order chi connectivity index (χ0) is 27.4. The van der Waals surface area contributed by atoms with E-state index >= 15 is 4.39 Å². The van der Waals surface area contributed by atoms with Gasteiger partial charge in [-0.25, -0.2) is 4.39 Å². The lowest BCUT2D eigenvalue weighted by molar-refractivity contribution is -0.127. The Kier molecular flexibility index (Phi) is 8.12. The molecule has 0 unspecified atom stereocenters. The molecule has 0 spiro atoms. The third-order valence-electron chi connectivity index (χ3n) is 6.95. The van der Waals surface area contributed by atoms with Crippen LogP contribution >= 0.6 is 11.5 Å². The number of nitrogens with one attached hydrogen (secondary N) is 1. The highest BCUT2D eigenvalue weighted by atomic mass is 32.1. The van der Waals surface area contributed by atoms with Crippen LogP contribution in [0.15, 0.2) is 65.5 Å². The fraction of sp³-hybridized carbons (Fsp3) is 0.290. The first-order valence-electron chi connectivity index (χ1n) is 13.1. The Morgan fingerprint density at radius 3 is 2.54 bits per heavy atom. The minimum absolute atomic E-state index is 0.102. The number of carbonyl (C=O) groups excluding carboxylic acids is 1. The van der Waals surface area contributed by atoms with Crippen LogP contribution < -0.4 is 15.0 Å². The standard InChI is InChI=1S/C31H31FN2O4S/c1-20-16-26(37-15-5-14-34-13-4-8-29(34)36)31(32)21(2)30(20)24-7-3-6-22(17-24)19-38-25-11-9-23(10-12-25)27-18-28(35)33-39-27/h3,6-7,9-12,16-18H,4-5,8,13-15,19H2,1-2H3,(H,33,35). The molecule has 0 saturated carbocycles. The predicted molar refractivity (Wildman–Crippen MR) is 152 cm³/mol. The van der Waals surface area contributed by atoms with Crippen molar-refractivity contribution in [2.75, 3.05) is 19.7 Å². The Bertz CT molecular complexity index is 1530. The monoisotopic (exact) mass is 546 g/mol. The number of aromatic nitrogens is 1. The summed E-state index contributed by atoms with van der Waals surface area (Å²) in [5, 5.41) is 0. The Morgan fingerprint density at radius 2 is 1.82 bits per heavy atom. The zero-order valence-corrected chi connectivity index (χ0v) is 22.9. The largest absolute Gasteiger partial charge is 0.490 e. The topological polar surface area (TPSA) is 71.6 Å². The molecule has 3 aromatic carbocycles. The molecule has 0 atom stereocenters. The first kappa shape index (κ1) is 26.7. The van der Waals surface area contributed by atoms with Gasteiger partial charge in [0.05, 0.1) is 11.5 Å². The first-order valence-corrected chi connectivity index (χ1v) is 13.9. The van der Waals surface area contributed by atoms with Crippen LogP contribution in [0.25, 0.3) is 21.6 Å². The molecule has 5 rings (SSSR count). The molecule has 202 valence electrons. The molecule has 6 nitrogen and oxygen atoms in total. The van der Waals surface area contributed by atoms with Gasteiger partial charge in [-0.15, -0.1) is 0 Å². The third-order valence-corrected chi connectivity index (χ3v) is 7.82. The van der Waals surface area contributed by atoms with Gasteiger partial charge in [0.15, 0.2) is 11.6 Å². The van der Waals surface area contributed by atoms with Crippen molar-refractivity contribution >= 4 is 17.4 Å². The van der Waals surface area contributed by atoms with Crippen molar-refractivity contribution in [3.63, 3.8) is 0 Å². The van der Waals surface area contributed by atoms with E-state index in [9.17, 15) is 9.59 Å². The minimum atomic E-state index is -0.359. The molecule has 1 aromatic heterocycles. The van der Waals surface area contributed by atoms with E-state index in [0.717, 1.165) is 51.4 Å². The van der Waals surface area contributed by atoms with Crippen LogP contribution in [-0.4, -0.2) is 34.9 Å². The van der Waals surface area contributed by atoms with Gasteiger partial charge in [-0.2, -0.15) is 0 Å². The summed E-state index contributed by atoms with van der Waals surface area (Å²) in [4.78, 5) is 25.9. The van der Waals surface area contributed by atoms with Gasteiger partial charge < -0.3 is 14.4 Å². The normalized spacial score (nSPS) is 13.2. The van der Waals surface area contributed by atoms with Crippen LogP contribution in [0.1, 0.15) is 36.0 Å². The van der Waals surface area contributed by atoms with Crippen molar-refractivity contribution < 1.29 is 18.7 Å². The molecule has 1 N–H and O–H groups in total. The molecule has 1 fully saturated rings. The quantitative estimate of drug-likeness (QED) is 0.231. The van der Waals surface area contributed by atoms with E-state index in [4.69, 9.17) is 9.47 Å². The van der Waals surface area contributed by atoms with Gasteiger partial charge in [-0.1, -0.05) is 29.7 Å². The van der Waals surface area contributed by atoms with Gasteiger partial charge in [-0.05, 0) is 96.5 Å². The Balaban J connectivity index is 1.23. The molecule has 0 aliphatic carbocycles. The van der Waals surface area contributed by atoms with Crippen LogP contribution in [0.4, 0.5) is 4.39 Å². The van der Waals surface area contributed by atoms with Crippen LogP contribution in [-0.2, 0) is 11.4 Å². The highest BCUT2D eigenvalue weighted by molar-refractivity contribution is 7.09. The average Bonchev–Trinajstić information content (AvgIpc) is 3.56. The van der Waals surface area contributed by atoms with Crippen molar-refractivity contribution in [1.82, 2.24) is 9.27 Å². The second kappa shape index (κ2) is 11.9. The zero-order valence-electron chi connectivity index (χ0n) is 22.1. The van der Waals surface area contributed by atoms with E-state index in [2.05, 4.69) is 4.37 Å². The molecule has 1 aliphatic rings. The fourth-order valence-corrected chi connectivity index (χ4v) is 5.66. The maximum Gasteiger partial charge on any atom is 0.258 e. The summed E-state index contributed by atoms with van der Waals surface area (Å²) in [6.45, 7) is 5.91. The Hall–Kier alpha value is -3.91. The average molecular weight is 547 g/mol. The Morgan fingerprint density at radius 1 is 1.00 bits per heavy atom. The number of aromatic amines is 1. The van der Waals surface area contributed by atoms with E-state index in [1.807, 2.05) is 60.4 Å². The van der Waals surface area contributed by atoms with Gasteiger partial charge >= 0.3 is 0 Å². The molecule has 4 aromatic rings. The summed E-state index contributed by atoms with van der Waals surface area (Å²) in [7, 11) is 0. The maximum absolute atomic E-state index is 15.3. The number of aryl methyl sites for hydroxylation is 1. The summed E-state index contributed by atoms with van der Waals surface area (Å²) in [6.07, 6.45) is 2.20. The Labute approximate surface area is 231 Å². The van der Waals surface area contributed by atoms with Crippen molar-refractivity contribution in [3.8, 4) is 33.1 Å². The summed E-state index contributed by atoms with van der Waals surface area (Å²) >= 11 is 1.31. The summed E-state index contributed by atoms with van der Waals surface area (Å²) < 4.78 is 29.8. The number of H-pyrrole nitrogens is 1. The number of nitrogens with zero attached hydrogens (tertiary/aromatic N) is 1. The number of hydrogen-bond donors (Lipinski definition) is 1. The lowest BCUT2D eigenvalue weighted by atomic mass is 9.94. The number of likely N-dealkylation sites (tertiary alicyclic amines) is 1. The fourth-order valence-electron chi connectivity index (χ4n) is 4.97. The molecule has 8 heteroatoms. The third kappa shape index (κ3) is 6.23. The van der Waals surface area contributed by atoms with Gasteiger partial charge in [0.25, 0.3) is 5.56 Å². The van der Waals surface area contributed by atoms with E-state index in [-0.39, 0.29) is 23.0 Å². The van der Waals surface area contributed by atoms with E-state index in [0.29, 0.717) is 38.2 Å². The van der Waals surface area contributed by atoms with E-state index < -0.39 is 0 Å². The van der Waals surface area contributed by atoms with Crippen LogP contribution in [0.5, 0.6) is 11.5 Å². The number of amides is 1. The lowest BCUT2D eigenvalue weighted by Gasteiger charge is -2.18. The van der Waals surface area contributed by atoms with Gasteiger partial charge in [0.2, 0.25) is 5.91 Å². The molecule has 39 heavy (non-hydrogen) atoms. The summed E-state index contributed by atoms with van der Waals surface area (Å²) in [5.74, 6) is 0.801. The first-order chi connectivity index (χ1) is 18.9. The van der Waals surface area contributed by atoms with Gasteiger partial charge in [-0.3, -0.25) is 14.0 Å². The molecule has 2 heterocycles. The highest BCUT2D eigenvalue weighted by Gasteiger charge is 2.20. The highest BCUT2D eigenvalue weighted by Crippen LogP contribution is 2.35. The maximum atomic E-state index is 15.3. The molecule has 0 bridgehead atoms. The summed E-state index contributed by atoms with van der Waals surface area (Å²) in [5.41, 5.74) is 5.06. The summed E-state index contributed by atoms with van der Waals surface area (Å²) in [6, 6.07) is 18.9. The smallest absolute Gasteiger partial charge is 0.258 e. The van der Waals surface area contributed by atoms with Crippen molar-refractivity contribution in [2.45, 2.75) is 39.7 Å². The SMILES string of the molecule is Cc1cc(OCCCN2CCCC2=O)c(F)c(C)c1-c1cccc(COc2ccc(-c3cc(=O)[nH]s3)cc2)c1. The van der Waals surface area contributed by atoms with Crippen LogP contribution in [0.3, 0.4) is 0 Å². The number of carbonyl (C=O) groups is 1. The molecule has 1 amide bonds. The van der Waals surface area contributed by atoms with Crippen LogP contribution in [0.2, 0.25) is 0 Å². The van der Waals surface area contributed by atoms with Crippen LogP contribution in [0, 0.1) is 19.7 Å². The van der Waals surface area contributed by atoms with E-state index in [1.54, 1.807) is 19.1 Å². The van der Waals surface area contributed by atoms with Crippen molar-refractivity contribution in [1.29, 1.82) is 0 Å². The van der Waals surface area contributed by atoms with Crippen molar-refractivity contribution in [2.24, 2.45) is 0 Å². The lowest BCUT2D eigenvalue weighted by Crippen LogP contribution is -2.26. The van der Waals surface area contributed by atoms with Crippen molar-refractivity contribution in [3.05, 3.63) is 93.5 Å². The predicted octanol–water partition coefficient (Wildman–Crippen LogP) is 6.50. The molecule has 1 aliphatic heterocycles. The number of ether oxygens (including phenoxy) is 2. The number of benzene rings is 3. The van der Waals surface area contributed by atoms with Gasteiger partial charge in [0.1, 0.15) is 12.4 Å². The number of hydrogen-bond acceptors (Lipinski definition) is 5. The number of halogens is 1. The second-order valence-corrected chi connectivity index (χ2v) is 10.6. The number of rotatable bonds is 10. The molecule has 1 saturated heterocycles. The molecular weight excluding hydrogens is 515 g/mol.